The number of aromatic hydroxyl groups is 1. The van der Waals surface area contributed by atoms with E-state index in [9.17, 15) is 5.11 Å². The van der Waals surface area contributed by atoms with Crippen LogP contribution >= 0.6 is 0 Å². The summed E-state index contributed by atoms with van der Waals surface area (Å²) in [7, 11) is 0. The van der Waals surface area contributed by atoms with Crippen LogP contribution in [0.4, 0.5) is 0 Å². The lowest BCUT2D eigenvalue weighted by atomic mass is 9.86. The number of benzene rings is 2. The lowest BCUT2D eigenvalue weighted by Crippen LogP contribution is -2.10. The molecule has 122 valence electrons. The largest absolute Gasteiger partial charge is 0.507 e. The van der Waals surface area contributed by atoms with Crippen molar-refractivity contribution in [2.24, 2.45) is 0 Å². The van der Waals surface area contributed by atoms with Crippen LogP contribution in [0.2, 0.25) is 0 Å². The molecular formula is C21H22N2O. The highest BCUT2D eigenvalue weighted by atomic mass is 16.3. The van der Waals surface area contributed by atoms with Gasteiger partial charge in [0.05, 0.1) is 5.69 Å². The van der Waals surface area contributed by atoms with Crippen molar-refractivity contribution in [1.82, 2.24) is 9.97 Å². The Bertz CT molecular complexity index is 862. The number of rotatable bonds is 2. The van der Waals surface area contributed by atoms with Gasteiger partial charge in [-0.25, -0.2) is 9.97 Å². The van der Waals surface area contributed by atoms with Gasteiger partial charge in [-0.2, -0.15) is 0 Å². The van der Waals surface area contributed by atoms with Gasteiger partial charge < -0.3 is 5.11 Å². The van der Waals surface area contributed by atoms with Gasteiger partial charge >= 0.3 is 0 Å². The van der Waals surface area contributed by atoms with E-state index in [1.54, 1.807) is 6.07 Å². The van der Waals surface area contributed by atoms with Gasteiger partial charge in [0.1, 0.15) is 11.6 Å². The Morgan fingerprint density at radius 2 is 1.54 bits per heavy atom. The number of phenolic OH excluding ortho intramolecular Hbond substituents is 1. The predicted molar refractivity (Wildman–Crippen MR) is 98.0 cm³/mol. The highest BCUT2D eigenvalue weighted by molar-refractivity contribution is 5.82. The third-order valence-electron chi connectivity index (χ3n) is 4.13. The summed E-state index contributed by atoms with van der Waals surface area (Å²) in [6.45, 7) is 8.45. The average molecular weight is 318 g/mol. The van der Waals surface area contributed by atoms with Crippen LogP contribution in [-0.2, 0) is 5.41 Å². The van der Waals surface area contributed by atoms with E-state index in [2.05, 4.69) is 55.0 Å². The van der Waals surface area contributed by atoms with Gasteiger partial charge in [-0.3, -0.25) is 0 Å². The summed E-state index contributed by atoms with van der Waals surface area (Å²) in [5.41, 5.74) is 4.83. The van der Waals surface area contributed by atoms with Crippen LogP contribution in [0.25, 0.3) is 22.4 Å². The minimum atomic E-state index is 0.114. The third kappa shape index (κ3) is 3.16. The molecule has 3 heteroatoms. The lowest BCUT2D eigenvalue weighted by molar-refractivity contribution is 0.477. The van der Waals surface area contributed by atoms with Crippen molar-refractivity contribution in [3.63, 3.8) is 0 Å². The Morgan fingerprint density at radius 1 is 0.875 bits per heavy atom. The van der Waals surface area contributed by atoms with Gasteiger partial charge in [0, 0.05) is 17.3 Å². The Morgan fingerprint density at radius 3 is 2.17 bits per heavy atom. The van der Waals surface area contributed by atoms with Crippen molar-refractivity contribution in [2.45, 2.75) is 33.1 Å². The summed E-state index contributed by atoms with van der Waals surface area (Å²) in [5.74, 6) is 0.909. The number of nitrogens with zero attached hydrogens (tertiary/aromatic N) is 2. The summed E-state index contributed by atoms with van der Waals surface area (Å²) >= 11 is 0. The normalized spacial score (nSPS) is 11.5. The van der Waals surface area contributed by atoms with Crippen molar-refractivity contribution in [3.8, 4) is 28.1 Å². The number of para-hydroxylation sites is 1. The Balaban J connectivity index is 2.14. The monoisotopic (exact) mass is 318 g/mol. The van der Waals surface area contributed by atoms with E-state index in [4.69, 9.17) is 0 Å². The maximum atomic E-state index is 10.2. The first-order valence-electron chi connectivity index (χ1n) is 8.09. The van der Waals surface area contributed by atoms with Gasteiger partial charge in [-0.15, -0.1) is 0 Å². The fraction of sp³-hybridized carbons (Fsp3) is 0.238. The molecule has 3 aromatic rings. The molecular weight excluding hydrogens is 296 g/mol. The zero-order valence-corrected chi connectivity index (χ0v) is 14.5. The molecule has 0 saturated heterocycles. The van der Waals surface area contributed by atoms with Crippen LogP contribution in [0, 0.1) is 6.92 Å². The fourth-order valence-electron chi connectivity index (χ4n) is 2.71. The van der Waals surface area contributed by atoms with Crippen molar-refractivity contribution >= 4 is 0 Å². The molecule has 2 aromatic carbocycles. The Kier molecular flexibility index (Phi) is 4.10. The van der Waals surface area contributed by atoms with E-state index in [1.807, 2.05) is 31.3 Å². The summed E-state index contributed by atoms with van der Waals surface area (Å²) in [5, 5.41) is 10.2. The summed E-state index contributed by atoms with van der Waals surface area (Å²) in [4.78, 5) is 8.93. The Labute approximate surface area is 143 Å². The lowest BCUT2D eigenvalue weighted by Gasteiger charge is -2.19. The number of phenols is 1. The van der Waals surface area contributed by atoms with Gasteiger partial charge in [0.25, 0.3) is 0 Å². The minimum Gasteiger partial charge on any atom is -0.507 e. The summed E-state index contributed by atoms with van der Waals surface area (Å²) in [6.07, 6.45) is 1.83. The van der Waals surface area contributed by atoms with Crippen molar-refractivity contribution in [2.75, 3.05) is 0 Å². The molecule has 0 spiro atoms. The quantitative estimate of drug-likeness (QED) is 0.713. The first-order chi connectivity index (χ1) is 11.4. The maximum absolute atomic E-state index is 10.2. The van der Waals surface area contributed by atoms with Crippen LogP contribution < -0.4 is 0 Å². The molecule has 0 amide bonds. The van der Waals surface area contributed by atoms with Crippen LogP contribution in [0.1, 0.15) is 32.2 Å². The van der Waals surface area contributed by atoms with Gasteiger partial charge in [0.2, 0.25) is 0 Å². The molecule has 0 aliphatic rings. The molecule has 0 saturated carbocycles. The molecule has 0 fully saturated rings. The standard InChI is InChI=1S/C21H22N2O/c1-14-22-13-18(15-9-11-16(12-10-15)21(2,3)4)20(23-14)17-7-5-6-8-19(17)24/h5-13,24H,1-4H3. The molecule has 0 atom stereocenters. The second kappa shape index (κ2) is 6.08. The van der Waals surface area contributed by atoms with Crippen molar-refractivity contribution in [1.29, 1.82) is 0 Å². The second-order valence-electron chi connectivity index (χ2n) is 7.02. The summed E-state index contributed by atoms with van der Waals surface area (Å²) in [6, 6.07) is 15.7. The molecule has 1 heterocycles. The molecule has 0 aliphatic carbocycles. The van der Waals surface area contributed by atoms with Crippen LogP contribution in [0.3, 0.4) is 0 Å². The third-order valence-corrected chi connectivity index (χ3v) is 4.13. The fourth-order valence-corrected chi connectivity index (χ4v) is 2.71. The topological polar surface area (TPSA) is 46.0 Å². The first-order valence-corrected chi connectivity index (χ1v) is 8.09. The van der Waals surface area contributed by atoms with Crippen LogP contribution in [0.5, 0.6) is 5.75 Å². The van der Waals surface area contributed by atoms with E-state index < -0.39 is 0 Å². The summed E-state index contributed by atoms with van der Waals surface area (Å²) < 4.78 is 0. The number of hydrogen-bond acceptors (Lipinski definition) is 3. The average Bonchev–Trinajstić information content (AvgIpc) is 2.54. The predicted octanol–water partition coefficient (Wildman–Crippen LogP) is 5.12. The SMILES string of the molecule is Cc1ncc(-c2ccc(C(C)(C)C)cc2)c(-c2ccccc2O)n1. The smallest absolute Gasteiger partial charge is 0.125 e. The molecule has 0 unspecified atom stereocenters. The van der Waals surface area contributed by atoms with Crippen molar-refractivity contribution < 1.29 is 5.11 Å². The van der Waals surface area contributed by atoms with Crippen LogP contribution in [-0.4, -0.2) is 15.1 Å². The maximum Gasteiger partial charge on any atom is 0.125 e. The first kappa shape index (κ1) is 16.2. The van der Waals surface area contributed by atoms with E-state index in [0.717, 1.165) is 22.4 Å². The molecule has 1 aromatic heterocycles. The van der Waals surface area contributed by atoms with Gasteiger partial charge in [-0.1, -0.05) is 57.2 Å². The second-order valence-corrected chi connectivity index (χ2v) is 7.02. The molecule has 0 radical (unpaired) electrons. The zero-order chi connectivity index (χ0) is 17.3. The van der Waals surface area contributed by atoms with Crippen LogP contribution in [0.15, 0.2) is 54.7 Å². The highest BCUT2D eigenvalue weighted by Crippen LogP contribution is 2.35. The van der Waals surface area contributed by atoms with E-state index >= 15 is 0 Å². The minimum absolute atomic E-state index is 0.114. The molecule has 0 bridgehead atoms. The van der Waals surface area contributed by atoms with E-state index in [0.29, 0.717) is 5.82 Å². The molecule has 0 aliphatic heterocycles. The van der Waals surface area contributed by atoms with Gasteiger partial charge in [-0.05, 0) is 35.6 Å². The Hall–Kier alpha value is -2.68. The number of hydrogen-bond donors (Lipinski definition) is 1. The van der Waals surface area contributed by atoms with E-state index in [1.165, 1.54) is 5.56 Å². The van der Waals surface area contributed by atoms with Gasteiger partial charge in [0.15, 0.2) is 0 Å². The molecule has 24 heavy (non-hydrogen) atoms. The number of aromatic nitrogens is 2. The molecule has 1 N–H and O–H groups in total. The molecule has 3 nitrogen and oxygen atoms in total. The highest BCUT2D eigenvalue weighted by Gasteiger charge is 2.16. The zero-order valence-electron chi connectivity index (χ0n) is 14.5. The molecule has 3 rings (SSSR count). The number of aryl methyl sites for hydroxylation is 1. The van der Waals surface area contributed by atoms with Crippen molar-refractivity contribution in [3.05, 3.63) is 66.1 Å². The van der Waals surface area contributed by atoms with E-state index in [-0.39, 0.29) is 11.2 Å².